The molecule has 0 saturated carbocycles. The van der Waals surface area contributed by atoms with Crippen LogP contribution in [0.15, 0.2) is 144 Å². The van der Waals surface area contributed by atoms with E-state index in [-0.39, 0.29) is 0 Å². The fraction of sp³-hybridized carbons (Fsp3) is 0.0476. The second-order valence-corrected chi connectivity index (χ2v) is 22.0. The van der Waals surface area contributed by atoms with Gasteiger partial charge in [-0.2, -0.15) is 0 Å². The summed E-state index contributed by atoms with van der Waals surface area (Å²) in [5, 5.41) is 4.70. The van der Waals surface area contributed by atoms with Crippen LogP contribution in [0.5, 0.6) is 0 Å². The van der Waals surface area contributed by atoms with Crippen molar-refractivity contribution in [3.63, 3.8) is 0 Å². The van der Waals surface area contributed by atoms with Gasteiger partial charge in [0.1, 0.15) is 0 Å². The van der Waals surface area contributed by atoms with Gasteiger partial charge in [-0.25, -0.2) is 0 Å². The van der Waals surface area contributed by atoms with E-state index in [1.54, 1.807) is 0 Å². The molecule has 1 aliphatic rings. The van der Waals surface area contributed by atoms with E-state index in [4.69, 9.17) is 14.4 Å². The first-order valence-electron chi connectivity index (χ1n) is 16.1. The van der Waals surface area contributed by atoms with Gasteiger partial charge in [-0.15, -0.1) is 0 Å². The Morgan fingerprint density at radius 1 is 0.574 bits per heavy atom. The van der Waals surface area contributed by atoms with Crippen LogP contribution in [0.2, 0.25) is 11.5 Å². The molecule has 6 aromatic carbocycles. The van der Waals surface area contributed by atoms with Crippen LogP contribution in [-0.4, -0.2) is 27.8 Å². The molecule has 3 aromatic heterocycles. The molecule has 0 unspecified atom stereocenters. The Labute approximate surface area is 274 Å². The van der Waals surface area contributed by atoms with Crippen molar-refractivity contribution in [1.82, 2.24) is 14.5 Å². The minimum absolute atomic E-state index is 0.771. The number of hydrogen-bond donors (Lipinski definition) is 0. The molecule has 4 nitrogen and oxygen atoms in total. The number of rotatable bonds is 3. The van der Waals surface area contributed by atoms with Crippen molar-refractivity contribution >= 4 is 65.8 Å². The second-order valence-electron chi connectivity index (χ2n) is 13.0. The fourth-order valence-electron chi connectivity index (χ4n) is 7.80. The summed E-state index contributed by atoms with van der Waals surface area (Å²) < 4.78 is 11.8. The quantitative estimate of drug-likeness (QED) is 0.177. The first kappa shape index (κ1) is 26.7. The van der Waals surface area contributed by atoms with E-state index in [2.05, 4.69) is 143 Å². The summed E-state index contributed by atoms with van der Waals surface area (Å²) in [5.74, 6) is 5.76. The standard InChI is InChI=1S/C42H29GeN3O/c1-43(2)34-25-28(46-35-19-11-9-17-29(35)31-23-24-32-30-18-10-12-20-36(30)47-41(32)40(31)46)21-22-33(34)39-37(43)38(26-13-5-3-6-14-26)44-42(45-39)27-15-7-4-8-16-27/h3-25H,1-2H3. The molecule has 0 spiro atoms. The summed E-state index contributed by atoms with van der Waals surface area (Å²) >= 11 is -2.92. The van der Waals surface area contributed by atoms with Crippen LogP contribution in [0, 0.1) is 0 Å². The summed E-state index contributed by atoms with van der Waals surface area (Å²) in [7, 11) is 0. The number of para-hydroxylation sites is 2. The summed E-state index contributed by atoms with van der Waals surface area (Å²) in [5.41, 5.74) is 10.8. The number of furan rings is 1. The van der Waals surface area contributed by atoms with Crippen LogP contribution in [0.25, 0.3) is 83.3 Å². The molecule has 0 saturated heterocycles. The van der Waals surface area contributed by atoms with Crippen LogP contribution in [0.3, 0.4) is 0 Å². The van der Waals surface area contributed by atoms with Crippen molar-refractivity contribution in [2.75, 3.05) is 0 Å². The molecule has 5 heteroatoms. The van der Waals surface area contributed by atoms with Crippen LogP contribution in [0.1, 0.15) is 0 Å². The summed E-state index contributed by atoms with van der Waals surface area (Å²) in [4.78, 5) is 10.6. The maximum atomic E-state index is 6.63. The van der Waals surface area contributed by atoms with Crippen molar-refractivity contribution in [2.45, 2.75) is 11.5 Å². The van der Waals surface area contributed by atoms with Gasteiger partial charge in [0.15, 0.2) is 0 Å². The van der Waals surface area contributed by atoms with E-state index in [0.717, 1.165) is 61.5 Å². The van der Waals surface area contributed by atoms with E-state index < -0.39 is 13.3 Å². The van der Waals surface area contributed by atoms with E-state index in [1.807, 2.05) is 12.1 Å². The van der Waals surface area contributed by atoms with Gasteiger partial charge < -0.3 is 0 Å². The van der Waals surface area contributed by atoms with Crippen molar-refractivity contribution in [3.8, 4) is 39.6 Å². The molecular formula is C42H29GeN3O. The molecule has 1 aliphatic heterocycles. The maximum absolute atomic E-state index is 6.63. The molecule has 0 radical (unpaired) electrons. The second kappa shape index (κ2) is 9.77. The average molecular weight is 664 g/mol. The zero-order valence-electron chi connectivity index (χ0n) is 26.0. The molecule has 0 atom stereocenters. The summed E-state index contributed by atoms with van der Waals surface area (Å²) in [6.07, 6.45) is 0. The Morgan fingerprint density at radius 2 is 1.23 bits per heavy atom. The van der Waals surface area contributed by atoms with Crippen molar-refractivity contribution in [3.05, 3.63) is 140 Å². The van der Waals surface area contributed by atoms with Gasteiger partial charge in [0.2, 0.25) is 0 Å². The van der Waals surface area contributed by atoms with E-state index in [9.17, 15) is 0 Å². The van der Waals surface area contributed by atoms with Crippen molar-refractivity contribution in [1.29, 1.82) is 0 Å². The summed E-state index contributed by atoms with van der Waals surface area (Å²) in [6.45, 7) is 0. The molecule has 0 bridgehead atoms. The molecule has 222 valence electrons. The number of hydrogen-bond acceptors (Lipinski definition) is 3. The third kappa shape index (κ3) is 3.76. The van der Waals surface area contributed by atoms with Crippen LogP contribution in [0.4, 0.5) is 0 Å². The van der Waals surface area contributed by atoms with Gasteiger partial charge in [0.05, 0.1) is 0 Å². The zero-order valence-corrected chi connectivity index (χ0v) is 28.1. The number of aromatic nitrogens is 3. The zero-order chi connectivity index (χ0) is 31.3. The predicted molar refractivity (Wildman–Crippen MR) is 197 cm³/mol. The van der Waals surface area contributed by atoms with Crippen LogP contribution < -0.4 is 8.79 Å². The monoisotopic (exact) mass is 665 g/mol. The number of fused-ring (bicyclic) bond motifs is 10. The Morgan fingerprint density at radius 3 is 2.04 bits per heavy atom. The molecule has 0 N–H and O–H groups in total. The van der Waals surface area contributed by atoms with Crippen LogP contribution >= 0.6 is 0 Å². The Kier molecular flexibility index (Phi) is 5.56. The first-order chi connectivity index (χ1) is 23.1. The molecule has 0 amide bonds. The first-order valence-corrected chi connectivity index (χ1v) is 22.4. The molecule has 9 aromatic rings. The van der Waals surface area contributed by atoms with Crippen molar-refractivity contribution in [2.24, 2.45) is 0 Å². The molecule has 10 rings (SSSR count). The van der Waals surface area contributed by atoms with E-state index in [1.165, 1.54) is 30.6 Å². The molecule has 47 heavy (non-hydrogen) atoms. The van der Waals surface area contributed by atoms with E-state index in [0.29, 0.717) is 0 Å². The normalized spacial score (nSPS) is 13.5. The van der Waals surface area contributed by atoms with E-state index >= 15 is 0 Å². The fourth-order valence-corrected chi connectivity index (χ4v) is 14.6. The number of benzene rings is 6. The minimum atomic E-state index is -2.92. The molecule has 0 aliphatic carbocycles. The SMILES string of the molecule is [CH3][Ge]1([CH3])[c]2cc(-n3c4ccccc4c4ccc5c6ccccc6oc5c43)ccc2-c2nc(-c3ccccc3)nc(-c3ccccc3)[c]21. The van der Waals surface area contributed by atoms with Gasteiger partial charge in [-0.05, 0) is 0 Å². The Bertz CT molecular complexity index is 2710. The molecular weight excluding hydrogens is 635 g/mol. The van der Waals surface area contributed by atoms with Gasteiger partial charge in [0.25, 0.3) is 0 Å². The average Bonchev–Trinajstić information content (AvgIpc) is 3.74. The number of nitrogens with zero attached hydrogens (tertiary/aromatic N) is 3. The van der Waals surface area contributed by atoms with Gasteiger partial charge in [-0.1, -0.05) is 0 Å². The Hall–Kier alpha value is -5.46. The topological polar surface area (TPSA) is 43.9 Å². The molecule has 0 fully saturated rings. The van der Waals surface area contributed by atoms with Crippen LogP contribution in [-0.2, 0) is 0 Å². The van der Waals surface area contributed by atoms with Gasteiger partial charge in [-0.3, -0.25) is 0 Å². The van der Waals surface area contributed by atoms with Crippen molar-refractivity contribution < 1.29 is 4.42 Å². The predicted octanol–water partition coefficient (Wildman–Crippen LogP) is 9.61. The third-order valence-electron chi connectivity index (χ3n) is 9.98. The molecule has 4 heterocycles. The van der Waals surface area contributed by atoms with Gasteiger partial charge in [0, 0.05) is 0 Å². The van der Waals surface area contributed by atoms with Gasteiger partial charge >= 0.3 is 275 Å². The third-order valence-corrected chi connectivity index (χ3v) is 17.3. The summed E-state index contributed by atoms with van der Waals surface area (Å²) in [6, 6.07) is 49.5. The Balaban J connectivity index is 1.26.